The van der Waals surface area contributed by atoms with Crippen LogP contribution in [0.25, 0.3) is 11.3 Å². The maximum atomic E-state index is 12.9. The third-order valence-electron chi connectivity index (χ3n) is 5.21. The zero-order chi connectivity index (χ0) is 16.0. The zero-order valence-electron chi connectivity index (χ0n) is 13.1. The topological polar surface area (TPSA) is 75.0 Å². The van der Waals surface area contributed by atoms with Crippen molar-refractivity contribution in [2.24, 2.45) is 17.6 Å². The molecule has 2 aromatic rings. The van der Waals surface area contributed by atoms with Crippen LogP contribution in [-0.4, -0.2) is 40.1 Å². The molecule has 1 saturated carbocycles. The largest absolute Gasteiger partial charge is 0.338 e. The molecule has 7 heteroatoms. The molecule has 0 radical (unpaired) electrons. The predicted molar refractivity (Wildman–Crippen MR) is 96.4 cm³/mol. The van der Waals surface area contributed by atoms with Gasteiger partial charge in [-0.2, -0.15) is 5.10 Å². The highest BCUT2D eigenvalue weighted by Gasteiger charge is 2.43. The lowest BCUT2D eigenvalue weighted by atomic mass is 9.98. The molecule has 5 nitrogen and oxygen atoms in total. The van der Waals surface area contributed by atoms with Crippen LogP contribution in [0.5, 0.6) is 0 Å². The number of rotatable bonds is 2. The summed E-state index contributed by atoms with van der Waals surface area (Å²) < 4.78 is 0. The number of likely N-dealkylation sites (tertiary alicyclic amines) is 1. The Labute approximate surface area is 152 Å². The summed E-state index contributed by atoms with van der Waals surface area (Å²) in [7, 11) is 0. The standard InChI is InChI=1S/C17H19ClN4O.ClH/c18-14-4-2-1-3-11(14)16-12(7-20-21-16)17(23)22-8-10-5-6-15(19)13(10)9-22;/h1-4,7,10,13,15H,5-6,8-9,19H2,(H,20,21);1H. The lowest BCUT2D eigenvalue weighted by Gasteiger charge is -2.19. The Morgan fingerprint density at radius 1 is 1.29 bits per heavy atom. The van der Waals surface area contributed by atoms with Crippen LogP contribution in [0.1, 0.15) is 23.2 Å². The van der Waals surface area contributed by atoms with Gasteiger partial charge in [-0.05, 0) is 30.7 Å². The number of amides is 1. The van der Waals surface area contributed by atoms with Crippen molar-refractivity contribution in [1.82, 2.24) is 15.1 Å². The van der Waals surface area contributed by atoms with Gasteiger partial charge in [0.1, 0.15) is 0 Å². The second-order valence-electron chi connectivity index (χ2n) is 6.51. The zero-order valence-corrected chi connectivity index (χ0v) is 14.7. The van der Waals surface area contributed by atoms with Gasteiger partial charge in [0.05, 0.1) is 17.5 Å². The van der Waals surface area contributed by atoms with Gasteiger partial charge < -0.3 is 10.6 Å². The molecule has 1 aromatic carbocycles. The maximum absolute atomic E-state index is 12.9. The molecule has 3 atom stereocenters. The summed E-state index contributed by atoms with van der Waals surface area (Å²) in [5, 5.41) is 7.59. The highest BCUT2D eigenvalue weighted by Crippen LogP contribution is 2.38. The number of halogens is 2. The number of benzene rings is 1. The van der Waals surface area contributed by atoms with Crippen molar-refractivity contribution in [1.29, 1.82) is 0 Å². The molecule has 1 aliphatic carbocycles. The van der Waals surface area contributed by atoms with Crippen molar-refractivity contribution >= 4 is 29.9 Å². The molecule has 0 spiro atoms. The molecule has 2 aliphatic rings. The number of aromatic nitrogens is 2. The fourth-order valence-corrected chi connectivity index (χ4v) is 4.19. The van der Waals surface area contributed by atoms with Gasteiger partial charge >= 0.3 is 0 Å². The molecule has 24 heavy (non-hydrogen) atoms. The first kappa shape index (κ1) is 17.3. The Morgan fingerprint density at radius 2 is 2.08 bits per heavy atom. The first-order valence-corrected chi connectivity index (χ1v) is 8.36. The van der Waals surface area contributed by atoms with E-state index in [-0.39, 0.29) is 24.4 Å². The van der Waals surface area contributed by atoms with Gasteiger partial charge in [0.25, 0.3) is 5.91 Å². The number of hydrogen-bond donors (Lipinski definition) is 2. The number of nitrogens with one attached hydrogen (secondary N) is 1. The minimum Gasteiger partial charge on any atom is -0.338 e. The first-order valence-electron chi connectivity index (χ1n) is 7.98. The first-order chi connectivity index (χ1) is 11.1. The van der Waals surface area contributed by atoms with Crippen LogP contribution >= 0.6 is 24.0 Å². The van der Waals surface area contributed by atoms with Crippen LogP contribution in [0.2, 0.25) is 5.02 Å². The van der Waals surface area contributed by atoms with Gasteiger partial charge in [-0.15, -0.1) is 12.4 Å². The summed E-state index contributed by atoms with van der Waals surface area (Å²) in [5.41, 5.74) is 8.22. The molecule has 0 bridgehead atoms. The Bertz CT molecular complexity index is 748. The van der Waals surface area contributed by atoms with Gasteiger partial charge in [-0.1, -0.05) is 29.8 Å². The van der Waals surface area contributed by atoms with Crippen molar-refractivity contribution in [2.45, 2.75) is 18.9 Å². The average molecular weight is 367 g/mol. The van der Waals surface area contributed by atoms with Crippen LogP contribution in [0.15, 0.2) is 30.5 Å². The molecule has 1 aromatic heterocycles. The van der Waals surface area contributed by atoms with Crippen LogP contribution in [0, 0.1) is 11.8 Å². The van der Waals surface area contributed by atoms with Crippen LogP contribution in [0.4, 0.5) is 0 Å². The molecule has 1 amide bonds. The molecule has 1 aliphatic heterocycles. The van der Waals surface area contributed by atoms with Gasteiger partial charge in [0, 0.05) is 29.7 Å². The van der Waals surface area contributed by atoms with E-state index in [9.17, 15) is 4.79 Å². The van der Waals surface area contributed by atoms with Crippen molar-refractivity contribution in [2.75, 3.05) is 13.1 Å². The molecular weight excluding hydrogens is 347 g/mol. The van der Waals surface area contributed by atoms with Crippen LogP contribution in [-0.2, 0) is 0 Å². The van der Waals surface area contributed by atoms with Crippen molar-refractivity contribution in [3.63, 3.8) is 0 Å². The monoisotopic (exact) mass is 366 g/mol. The SMILES string of the molecule is Cl.NC1CCC2CN(C(=O)c3cn[nH]c3-c3ccccc3Cl)CC12. The van der Waals surface area contributed by atoms with Gasteiger partial charge in [-0.3, -0.25) is 9.89 Å². The van der Waals surface area contributed by atoms with E-state index in [1.807, 2.05) is 29.2 Å². The normalized spacial score (nSPS) is 25.4. The number of carbonyl (C=O) groups is 1. The van der Waals surface area contributed by atoms with Gasteiger partial charge in [-0.25, -0.2) is 0 Å². The van der Waals surface area contributed by atoms with Crippen LogP contribution < -0.4 is 5.73 Å². The van der Waals surface area contributed by atoms with E-state index < -0.39 is 0 Å². The Morgan fingerprint density at radius 3 is 2.83 bits per heavy atom. The molecule has 3 N–H and O–H groups in total. The van der Waals surface area contributed by atoms with E-state index in [1.165, 1.54) is 0 Å². The summed E-state index contributed by atoms with van der Waals surface area (Å²) in [5.74, 6) is 0.995. The molecular formula is C17H20Cl2N4O. The molecule has 1 saturated heterocycles. The summed E-state index contributed by atoms with van der Waals surface area (Å²) in [6.07, 6.45) is 3.79. The maximum Gasteiger partial charge on any atom is 0.257 e. The van der Waals surface area contributed by atoms with E-state index in [0.29, 0.717) is 28.1 Å². The predicted octanol–water partition coefficient (Wildman–Crippen LogP) is 2.96. The lowest BCUT2D eigenvalue weighted by Crippen LogP contribution is -2.33. The van der Waals surface area contributed by atoms with Crippen molar-refractivity contribution < 1.29 is 4.79 Å². The van der Waals surface area contributed by atoms with Gasteiger partial charge in [0.15, 0.2) is 0 Å². The number of H-pyrrole nitrogens is 1. The third-order valence-corrected chi connectivity index (χ3v) is 5.54. The molecule has 2 fully saturated rings. The number of nitrogens with zero attached hydrogens (tertiary/aromatic N) is 2. The lowest BCUT2D eigenvalue weighted by molar-refractivity contribution is 0.0780. The molecule has 2 heterocycles. The highest BCUT2D eigenvalue weighted by molar-refractivity contribution is 6.33. The Kier molecular flexibility index (Phi) is 4.85. The smallest absolute Gasteiger partial charge is 0.257 e. The number of fused-ring (bicyclic) bond motifs is 1. The summed E-state index contributed by atoms with van der Waals surface area (Å²) >= 11 is 6.26. The van der Waals surface area contributed by atoms with E-state index >= 15 is 0 Å². The highest BCUT2D eigenvalue weighted by atomic mass is 35.5. The molecule has 3 unspecified atom stereocenters. The summed E-state index contributed by atoms with van der Waals surface area (Å²) in [4.78, 5) is 14.8. The van der Waals surface area contributed by atoms with Crippen LogP contribution in [0.3, 0.4) is 0 Å². The summed E-state index contributed by atoms with van der Waals surface area (Å²) in [6, 6.07) is 7.69. The van der Waals surface area contributed by atoms with E-state index in [2.05, 4.69) is 10.2 Å². The molecule has 4 rings (SSSR count). The minimum absolute atomic E-state index is 0. The number of nitrogens with two attached hydrogens (primary N) is 1. The number of carbonyl (C=O) groups excluding carboxylic acids is 1. The van der Waals surface area contributed by atoms with E-state index in [0.717, 1.165) is 31.5 Å². The Balaban J connectivity index is 0.00000169. The Hall–Kier alpha value is -1.56. The van der Waals surface area contributed by atoms with E-state index in [1.54, 1.807) is 6.20 Å². The summed E-state index contributed by atoms with van der Waals surface area (Å²) in [6.45, 7) is 1.54. The van der Waals surface area contributed by atoms with Gasteiger partial charge in [0.2, 0.25) is 0 Å². The third kappa shape index (κ3) is 2.81. The second-order valence-corrected chi connectivity index (χ2v) is 6.92. The fourth-order valence-electron chi connectivity index (χ4n) is 3.96. The minimum atomic E-state index is 0. The quantitative estimate of drug-likeness (QED) is 0.857. The van der Waals surface area contributed by atoms with E-state index in [4.69, 9.17) is 17.3 Å². The second kappa shape index (κ2) is 6.75. The number of hydrogen-bond acceptors (Lipinski definition) is 3. The van der Waals surface area contributed by atoms with Crippen molar-refractivity contribution in [3.8, 4) is 11.3 Å². The fraction of sp³-hybridized carbons (Fsp3) is 0.412. The average Bonchev–Trinajstić information content (AvgIpc) is 3.25. The van der Waals surface area contributed by atoms with Crippen molar-refractivity contribution in [3.05, 3.63) is 41.0 Å². The molecule has 128 valence electrons. The number of aromatic amines is 1.